The van der Waals surface area contributed by atoms with E-state index in [0.29, 0.717) is 31.9 Å². The van der Waals surface area contributed by atoms with Crippen LogP contribution < -0.4 is 15.0 Å². The zero-order chi connectivity index (χ0) is 20.6. The summed E-state index contributed by atoms with van der Waals surface area (Å²) >= 11 is 0. The molecule has 29 heavy (non-hydrogen) atoms. The van der Waals surface area contributed by atoms with Crippen LogP contribution >= 0.6 is 0 Å². The molecule has 0 spiro atoms. The molecule has 2 aromatic rings. The van der Waals surface area contributed by atoms with Crippen molar-refractivity contribution in [1.29, 1.82) is 0 Å². The lowest BCUT2D eigenvalue weighted by Crippen LogP contribution is -2.52. The molecule has 2 aliphatic heterocycles. The lowest BCUT2D eigenvalue weighted by Gasteiger charge is -2.36. The van der Waals surface area contributed by atoms with E-state index in [2.05, 4.69) is 30.2 Å². The normalized spacial score (nSPS) is 18.8. The van der Waals surface area contributed by atoms with Crippen LogP contribution in [-0.4, -0.2) is 47.7 Å². The third-order valence-electron chi connectivity index (χ3n) is 5.62. The standard InChI is InChI=1S/C22H27FN4O2/c1-15(16-5-4-6-20-17(16)13-22(2,3)29-20)25-21(28)27-11-9-26(10-12-27)19-7-8-24-14-18(19)23/h4-8,14-15H,9-13H2,1-3H3,(H,25,28). The van der Waals surface area contributed by atoms with Gasteiger partial charge in [0.25, 0.3) is 0 Å². The van der Waals surface area contributed by atoms with Crippen molar-refractivity contribution in [3.63, 3.8) is 0 Å². The van der Waals surface area contributed by atoms with Gasteiger partial charge in [-0.3, -0.25) is 4.98 Å². The fraction of sp³-hybridized carbons (Fsp3) is 0.455. The van der Waals surface area contributed by atoms with Gasteiger partial charge in [0.05, 0.1) is 17.9 Å². The Morgan fingerprint density at radius 3 is 2.72 bits per heavy atom. The Hall–Kier alpha value is -2.83. The van der Waals surface area contributed by atoms with Gasteiger partial charge in [-0.25, -0.2) is 9.18 Å². The van der Waals surface area contributed by atoms with Gasteiger partial charge >= 0.3 is 6.03 Å². The average molecular weight is 398 g/mol. The number of ether oxygens (including phenoxy) is 1. The second kappa shape index (κ2) is 7.54. The highest BCUT2D eigenvalue weighted by Crippen LogP contribution is 2.38. The maximum Gasteiger partial charge on any atom is 0.317 e. The van der Waals surface area contributed by atoms with Crippen molar-refractivity contribution in [2.45, 2.75) is 38.8 Å². The Kier molecular flexibility index (Phi) is 5.06. The largest absolute Gasteiger partial charge is 0.487 e. The number of hydrogen-bond donors (Lipinski definition) is 1. The van der Waals surface area contributed by atoms with E-state index < -0.39 is 0 Å². The van der Waals surface area contributed by atoms with Gasteiger partial charge in [-0.05, 0) is 38.5 Å². The first-order valence-electron chi connectivity index (χ1n) is 10.0. The van der Waals surface area contributed by atoms with Crippen LogP contribution in [0.25, 0.3) is 0 Å². The molecule has 0 radical (unpaired) electrons. The zero-order valence-electron chi connectivity index (χ0n) is 17.1. The number of rotatable bonds is 3. The van der Waals surface area contributed by atoms with E-state index in [4.69, 9.17) is 4.74 Å². The van der Waals surface area contributed by atoms with Crippen molar-refractivity contribution in [3.05, 3.63) is 53.6 Å². The number of nitrogens with zero attached hydrogens (tertiary/aromatic N) is 3. The molecule has 1 aromatic heterocycles. The first-order chi connectivity index (χ1) is 13.8. The van der Waals surface area contributed by atoms with E-state index in [0.717, 1.165) is 17.7 Å². The van der Waals surface area contributed by atoms with Gasteiger partial charge in [-0.15, -0.1) is 0 Å². The lowest BCUT2D eigenvalue weighted by atomic mass is 9.94. The van der Waals surface area contributed by atoms with Gasteiger partial charge in [0.1, 0.15) is 11.4 Å². The number of carbonyl (C=O) groups is 1. The number of amides is 2. The monoisotopic (exact) mass is 398 g/mol. The molecule has 0 saturated carbocycles. The molecule has 6 nitrogen and oxygen atoms in total. The number of nitrogens with one attached hydrogen (secondary N) is 1. The van der Waals surface area contributed by atoms with E-state index >= 15 is 0 Å². The minimum atomic E-state index is -0.331. The van der Waals surface area contributed by atoms with Crippen LogP contribution in [0.4, 0.5) is 14.9 Å². The van der Waals surface area contributed by atoms with Crippen molar-refractivity contribution in [2.75, 3.05) is 31.1 Å². The second-order valence-corrected chi connectivity index (χ2v) is 8.33. The molecular weight excluding hydrogens is 371 g/mol. The molecule has 0 aliphatic carbocycles. The highest BCUT2D eigenvalue weighted by Gasteiger charge is 2.33. The Labute approximate surface area is 170 Å². The summed E-state index contributed by atoms with van der Waals surface area (Å²) in [5.41, 5.74) is 2.58. The van der Waals surface area contributed by atoms with E-state index in [1.807, 2.05) is 24.0 Å². The second-order valence-electron chi connectivity index (χ2n) is 8.33. The summed E-state index contributed by atoms with van der Waals surface area (Å²) in [5.74, 6) is 0.573. The van der Waals surface area contributed by atoms with Crippen molar-refractivity contribution in [3.8, 4) is 5.75 Å². The quantitative estimate of drug-likeness (QED) is 0.859. The average Bonchev–Trinajstić information content (AvgIpc) is 3.02. The zero-order valence-corrected chi connectivity index (χ0v) is 17.1. The molecule has 7 heteroatoms. The Bertz CT molecular complexity index is 909. The molecule has 0 bridgehead atoms. The molecule has 1 unspecified atom stereocenters. The molecule has 1 aromatic carbocycles. The van der Waals surface area contributed by atoms with Crippen LogP contribution in [-0.2, 0) is 6.42 Å². The SMILES string of the molecule is CC(NC(=O)N1CCN(c2ccncc2F)CC1)c1cccc2c1CC(C)(C)O2. The highest BCUT2D eigenvalue weighted by molar-refractivity contribution is 5.75. The fourth-order valence-electron chi connectivity index (χ4n) is 4.16. The van der Waals surface area contributed by atoms with Crippen molar-refractivity contribution >= 4 is 11.7 Å². The number of fused-ring (bicyclic) bond motifs is 1. The van der Waals surface area contributed by atoms with Crippen molar-refractivity contribution in [1.82, 2.24) is 15.2 Å². The fourth-order valence-corrected chi connectivity index (χ4v) is 4.16. The number of pyridine rings is 1. The molecule has 1 N–H and O–H groups in total. The molecule has 4 rings (SSSR count). The molecule has 1 saturated heterocycles. The maximum absolute atomic E-state index is 13.9. The summed E-state index contributed by atoms with van der Waals surface area (Å²) in [4.78, 5) is 20.3. The Morgan fingerprint density at radius 1 is 1.24 bits per heavy atom. The first kappa shape index (κ1) is 19.5. The van der Waals surface area contributed by atoms with Crippen LogP contribution in [0.2, 0.25) is 0 Å². The van der Waals surface area contributed by atoms with E-state index in [1.54, 1.807) is 17.2 Å². The third-order valence-corrected chi connectivity index (χ3v) is 5.62. The van der Waals surface area contributed by atoms with E-state index in [1.165, 1.54) is 11.8 Å². The Balaban J connectivity index is 1.38. The number of urea groups is 1. The molecule has 154 valence electrons. The number of aromatic nitrogens is 1. The van der Waals surface area contributed by atoms with Gasteiger partial charge in [-0.1, -0.05) is 12.1 Å². The summed E-state index contributed by atoms with van der Waals surface area (Å²) < 4.78 is 20.0. The van der Waals surface area contributed by atoms with Crippen molar-refractivity contribution in [2.24, 2.45) is 0 Å². The van der Waals surface area contributed by atoms with E-state index in [9.17, 15) is 9.18 Å². The third kappa shape index (κ3) is 3.99. The summed E-state index contributed by atoms with van der Waals surface area (Å²) in [6, 6.07) is 7.47. The highest BCUT2D eigenvalue weighted by atomic mass is 19.1. The number of anilines is 1. The predicted octanol–water partition coefficient (Wildman–Crippen LogP) is 3.53. The smallest absolute Gasteiger partial charge is 0.317 e. The lowest BCUT2D eigenvalue weighted by molar-refractivity contribution is 0.138. The van der Waals surface area contributed by atoms with Gasteiger partial charge in [-0.2, -0.15) is 0 Å². The van der Waals surface area contributed by atoms with Gasteiger partial charge < -0.3 is 19.9 Å². The number of benzene rings is 1. The summed E-state index contributed by atoms with van der Waals surface area (Å²) in [6.07, 6.45) is 3.64. The molecule has 1 fully saturated rings. The number of hydrogen-bond acceptors (Lipinski definition) is 4. The molecular formula is C22H27FN4O2. The van der Waals surface area contributed by atoms with Gasteiger partial charge in [0, 0.05) is 44.4 Å². The summed E-state index contributed by atoms with van der Waals surface area (Å²) in [6.45, 7) is 8.42. The molecule has 1 atom stereocenters. The van der Waals surface area contributed by atoms with Gasteiger partial charge in [0.15, 0.2) is 5.82 Å². The maximum atomic E-state index is 13.9. The molecule has 2 aliphatic rings. The Morgan fingerprint density at radius 2 is 2.00 bits per heavy atom. The predicted molar refractivity (Wildman–Crippen MR) is 110 cm³/mol. The summed E-state index contributed by atoms with van der Waals surface area (Å²) in [5, 5.41) is 3.12. The number of piperazine rings is 1. The molecule has 2 amide bonds. The van der Waals surface area contributed by atoms with E-state index in [-0.39, 0.29) is 23.5 Å². The topological polar surface area (TPSA) is 57.7 Å². The van der Waals surface area contributed by atoms with Crippen molar-refractivity contribution < 1.29 is 13.9 Å². The van der Waals surface area contributed by atoms with Crippen LogP contribution in [0.3, 0.4) is 0 Å². The number of carbonyl (C=O) groups excluding carboxylic acids is 1. The van der Waals surface area contributed by atoms with Crippen LogP contribution in [0.1, 0.15) is 37.9 Å². The molecule has 3 heterocycles. The van der Waals surface area contributed by atoms with Crippen LogP contribution in [0.15, 0.2) is 36.7 Å². The van der Waals surface area contributed by atoms with Crippen LogP contribution in [0.5, 0.6) is 5.75 Å². The van der Waals surface area contributed by atoms with Crippen LogP contribution in [0, 0.1) is 5.82 Å². The summed E-state index contributed by atoms with van der Waals surface area (Å²) in [7, 11) is 0. The minimum Gasteiger partial charge on any atom is -0.487 e. The first-order valence-corrected chi connectivity index (χ1v) is 10.0. The minimum absolute atomic E-state index is 0.0943. The number of halogens is 1. The van der Waals surface area contributed by atoms with Gasteiger partial charge in [0.2, 0.25) is 0 Å².